The second-order valence-corrected chi connectivity index (χ2v) is 4.80. The predicted molar refractivity (Wildman–Crippen MR) is 64.5 cm³/mol. The summed E-state index contributed by atoms with van der Waals surface area (Å²) in [6.07, 6.45) is 0. The van der Waals surface area contributed by atoms with Crippen molar-refractivity contribution in [3.05, 3.63) is 57.0 Å². The Morgan fingerprint density at radius 3 is 2.28 bits per heavy atom. The molecule has 2 rings (SSSR count). The number of halogens is 3. The SMILES string of the molecule is Cc1ccsc1C(NN)c1c(F)cc(F)cc1F. The normalized spacial score (nSPS) is 12.7. The Labute approximate surface area is 106 Å². The summed E-state index contributed by atoms with van der Waals surface area (Å²) in [4.78, 5) is 0.696. The molecular weight excluding hydrogens is 261 g/mol. The highest BCUT2D eigenvalue weighted by molar-refractivity contribution is 7.10. The van der Waals surface area contributed by atoms with Crippen molar-refractivity contribution in [1.29, 1.82) is 0 Å². The molecule has 2 nitrogen and oxygen atoms in total. The Kier molecular flexibility index (Phi) is 3.70. The van der Waals surface area contributed by atoms with E-state index in [1.165, 1.54) is 11.3 Å². The number of rotatable bonds is 3. The van der Waals surface area contributed by atoms with Gasteiger partial charge in [0.15, 0.2) is 0 Å². The van der Waals surface area contributed by atoms with Crippen LogP contribution in [0.3, 0.4) is 0 Å². The number of benzene rings is 1. The van der Waals surface area contributed by atoms with Crippen molar-refractivity contribution >= 4 is 11.3 Å². The smallest absolute Gasteiger partial charge is 0.134 e. The number of hydrogen-bond acceptors (Lipinski definition) is 3. The van der Waals surface area contributed by atoms with Crippen LogP contribution in [-0.4, -0.2) is 0 Å². The van der Waals surface area contributed by atoms with Crippen LogP contribution >= 0.6 is 11.3 Å². The van der Waals surface area contributed by atoms with Gasteiger partial charge in [-0.05, 0) is 23.9 Å². The van der Waals surface area contributed by atoms with E-state index in [2.05, 4.69) is 5.43 Å². The number of hydrazine groups is 1. The van der Waals surface area contributed by atoms with E-state index >= 15 is 0 Å². The molecule has 1 heterocycles. The van der Waals surface area contributed by atoms with E-state index in [4.69, 9.17) is 5.84 Å². The first kappa shape index (κ1) is 13.1. The van der Waals surface area contributed by atoms with Crippen LogP contribution in [0.25, 0.3) is 0 Å². The summed E-state index contributed by atoms with van der Waals surface area (Å²) < 4.78 is 40.3. The van der Waals surface area contributed by atoms with Gasteiger partial charge in [-0.15, -0.1) is 11.3 Å². The molecule has 0 bridgehead atoms. The average molecular weight is 272 g/mol. The van der Waals surface area contributed by atoms with E-state index in [0.29, 0.717) is 17.0 Å². The van der Waals surface area contributed by atoms with Crippen LogP contribution in [-0.2, 0) is 0 Å². The van der Waals surface area contributed by atoms with Crippen LogP contribution < -0.4 is 11.3 Å². The maximum absolute atomic E-state index is 13.7. The van der Waals surface area contributed by atoms with Gasteiger partial charge in [-0.3, -0.25) is 5.84 Å². The van der Waals surface area contributed by atoms with Crippen LogP contribution in [0.2, 0.25) is 0 Å². The lowest BCUT2D eigenvalue weighted by Crippen LogP contribution is -2.30. The van der Waals surface area contributed by atoms with Crippen molar-refractivity contribution in [3.63, 3.8) is 0 Å². The monoisotopic (exact) mass is 272 g/mol. The molecule has 0 amide bonds. The maximum atomic E-state index is 13.7. The van der Waals surface area contributed by atoms with Crippen LogP contribution in [0.15, 0.2) is 23.6 Å². The van der Waals surface area contributed by atoms with E-state index in [-0.39, 0.29) is 5.56 Å². The molecule has 0 aliphatic carbocycles. The largest absolute Gasteiger partial charge is 0.271 e. The molecule has 0 fully saturated rings. The van der Waals surface area contributed by atoms with Gasteiger partial charge >= 0.3 is 0 Å². The summed E-state index contributed by atoms with van der Waals surface area (Å²) in [6, 6.07) is 2.28. The number of nitrogens with two attached hydrogens (primary N) is 1. The summed E-state index contributed by atoms with van der Waals surface area (Å²) >= 11 is 1.33. The maximum Gasteiger partial charge on any atom is 0.134 e. The molecule has 6 heteroatoms. The lowest BCUT2D eigenvalue weighted by atomic mass is 10.0. The Bertz CT molecular complexity index is 545. The van der Waals surface area contributed by atoms with E-state index in [1.807, 2.05) is 13.0 Å². The molecule has 1 unspecified atom stereocenters. The Morgan fingerprint density at radius 2 is 1.83 bits per heavy atom. The number of aryl methyl sites for hydroxylation is 1. The fourth-order valence-corrected chi connectivity index (χ4v) is 2.79. The van der Waals surface area contributed by atoms with E-state index in [0.717, 1.165) is 5.56 Å². The molecule has 3 N–H and O–H groups in total. The van der Waals surface area contributed by atoms with E-state index < -0.39 is 23.5 Å². The summed E-state index contributed by atoms with van der Waals surface area (Å²) in [5, 5.41) is 1.80. The minimum atomic E-state index is -0.955. The third kappa shape index (κ3) is 2.27. The first-order chi connectivity index (χ1) is 8.54. The minimum Gasteiger partial charge on any atom is -0.271 e. The Morgan fingerprint density at radius 1 is 1.22 bits per heavy atom. The van der Waals surface area contributed by atoms with Crippen molar-refractivity contribution < 1.29 is 13.2 Å². The van der Waals surface area contributed by atoms with Gasteiger partial charge in [-0.25, -0.2) is 18.6 Å². The Balaban J connectivity index is 2.56. The first-order valence-electron chi connectivity index (χ1n) is 5.19. The van der Waals surface area contributed by atoms with Crippen molar-refractivity contribution in [3.8, 4) is 0 Å². The fraction of sp³-hybridized carbons (Fsp3) is 0.167. The van der Waals surface area contributed by atoms with Gasteiger partial charge in [0.1, 0.15) is 17.5 Å². The molecular formula is C12H11F3N2S. The van der Waals surface area contributed by atoms with Crippen LogP contribution in [0.5, 0.6) is 0 Å². The second kappa shape index (κ2) is 5.09. The highest BCUT2D eigenvalue weighted by atomic mass is 32.1. The van der Waals surface area contributed by atoms with Gasteiger partial charge in [-0.2, -0.15) is 0 Å². The minimum absolute atomic E-state index is 0.274. The zero-order chi connectivity index (χ0) is 13.3. The third-order valence-electron chi connectivity index (χ3n) is 2.66. The van der Waals surface area contributed by atoms with Gasteiger partial charge < -0.3 is 0 Å². The summed E-state index contributed by atoms with van der Waals surface area (Å²) in [5.74, 6) is 2.51. The number of thiophene rings is 1. The predicted octanol–water partition coefficient (Wildman–Crippen LogP) is 3.03. The molecule has 18 heavy (non-hydrogen) atoms. The number of hydrogen-bond donors (Lipinski definition) is 2. The molecule has 0 aliphatic rings. The molecule has 2 aromatic rings. The molecule has 1 aromatic carbocycles. The third-order valence-corrected chi connectivity index (χ3v) is 3.75. The first-order valence-corrected chi connectivity index (χ1v) is 6.07. The molecule has 96 valence electrons. The van der Waals surface area contributed by atoms with Crippen molar-refractivity contribution in [1.82, 2.24) is 5.43 Å². The van der Waals surface area contributed by atoms with Crippen molar-refractivity contribution in [2.45, 2.75) is 13.0 Å². The zero-order valence-electron chi connectivity index (χ0n) is 9.51. The topological polar surface area (TPSA) is 38.0 Å². The zero-order valence-corrected chi connectivity index (χ0v) is 10.3. The lowest BCUT2D eigenvalue weighted by Gasteiger charge is -2.17. The molecule has 0 aliphatic heterocycles. The lowest BCUT2D eigenvalue weighted by molar-refractivity contribution is 0.493. The van der Waals surface area contributed by atoms with Crippen molar-refractivity contribution in [2.75, 3.05) is 0 Å². The Hall–Kier alpha value is -1.37. The fourth-order valence-electron chi connectivity index (χ4n) is 1.80. The molecule has 0 saturated heterocycles. The molecule has 0 spiro atoms. The van der Waals surface area contributed by atoms with Gasteiger partial charge in [0.25, 0.3) is 0 Å². The highest BCUT2D eigenvalue weighted by Gasteiger charge is 2.24. The summed E-state index contributed by atoms with van der Waals surface area (Å²) in [5.41, 5.74) is 2.96. The van der Waals surface area contributed by atoms with E-state index in [1.54, 1.807) is 5.38 Å². The average Bonchev–Trinajstić information content (AvgIpc) is 2.69. The van der Waals surface area contributed by atoms with Crippen LogP contribution in [0, 0.1) is 24.4 Å². The molecule has 1 atom stereocenters. The second-order valence-electron chi connectivity index (χ2n) is 3.85. The highest BCUT2D eigenvalue weighted by Crippen LogP contribution is 2.32. The van der Waals surface area contributed by atoms with Crippen LogP contribution in [0.4, 0.5) is 13.2 Å². The van der Waals surface area contributed by atoms with Crippen LogP contribution in [0.1, 0.15) is 22.0 Å². The standard InChI is InChI=1S/C12H11F3N2S/c1-6-2-3-18-12(6)11(17-16)10-8(14)4-7(13)5-9(10)15/h2-5,11,17H,16H2,1H3. The quantitative estimate of drug-likeness (QED) is 0.666. The number of nitrogens with one attached hydrogen (secondary N) is 1. The van der Waals surface area contributed by atoms with Gasteiger partial charge in [0.05, 0.1) is 6.04 Å². The molecule has 1 aromatic heterocycles. The van der Waals surface area contributed by atoms with Gasteiger partial charge in [0, 0.05) is 22.6 Å². The van der Waals surface area contributed by atoms with E-state index in [9.17, 15) is 13.2 Å². The molecule has 0 saturated carbocycles. The van der Waals surface area contributed by atoms with Crippen molar-refractivity contribution in [2.24, 2.45) is 5.84 Å². The molecule has 0 radical (unpaired) electrons. The van der Waals surface area contributed by atoms with Gasteiger partial charge in [-0.1, -0.05) is 0 Å². The van der Waals surface area contributed by atoms with Gasteiger partial charge in [0.2, 0.25) is 0 Å². The summed E-state index contributed by atoms with van der Waals surface area (Å²) in [6.45, 7) is 1.81. The summed E-state index contributed by atoms with van der Waals surface area (Å²) in [7, 11) is 0.